The smallest absolute Gasteiger partial charge is 0.226 e. The van der Waals surface area contributed by atoms with Gasteiger partial charge in [-0.2, -0.15) is 0 Å². The molecule has 2 N–H and O–H groups in total. The van der Waals surface area contributed by atoms with Gasteiger partial charge in [0.2, 0.25) is 11.8 Å². The lowest BCUT2D eigenvalue weighted by Crippen LogP contribution is -2.23. The molecule has 32 heavy (non-hydrogen) atoms. The van der Waals surface area contributed by atoms with Gasteiger partial charge in [-0.3, -0.25) is 9.59 Å². The molecule has 168 valence electrons. The van der Waals surface area contributed by atoms with Crippen LogP contribution in [0.5, 0.6) is 0 Å². The lowest BCUT2D eigenvalue weighted by atomic mass is 10.1. The van der Waals surface area contributed by atoms with E-state index in [1.807, 2.05) is 54.8 Å². The largest absolute Gasteiger partial charge is 0.381 e. The fourth-order valence-corrected chi connectivity index (χ4v) is 3.98. The number of benzene rings is 2. The van der Waals surface area contributed by atoms with Crippen molar-refractivity contribution in [3.05, 3.63) is 71.1 Å². The van der Waals surface area contributed by atoms with Crippen LogP contribution in [-0.4, -0.2) is 30.0 Å². The molecule has 0 spiro atoms. The second-order valence-corrected chi connectivity index (χ2v) is 8.44. The SMILES string of the molecule is CC(=O)N[C@H](C)c1ccc(-c2csc(NC(=O)CCCOCCc3ccccc3)n2)cc1. The Morgan fingerprint density at radius 2 is 1.81 bits per heavy atom. The molecule has 1 heterocycles. The molecule has 0 aliphatic rings. The third kappa shape index (κ3) is 7.59. The van der Waals surface area contributed by atoms with Gasteiger partial charge in [-0.1, -0.05) is 54.6 Å². The predicted molar refractivity (Wildman–Crippen MR) is 129 cm³/mol. The monoisotopic (exact) mass is 451 g/mol. The van der Waals surface area contributed by atoms with E-state index in [-0.39, 0.29) is 17.9 Å². The zero-order valence-corrected chi connectivity index (χ0v) is 19.3. The number of carbonyl (C=O) groups excluding carboxylic acids is 2. The Hall–Kier alpha value is -3.03. The molecule has 2 amide bonds. The van der Waals surface area contributed by atoms with Gasteiger partial charge in [0, 0.05) is 30.9 Å². The molecule has 3 aromatic rings. The number of thiazole rings is 1. The number of hydrogen-bond acceptors (Lipinski definition) is 5. The highest BCUT2D eigenvalue weighted by Crippen LogP contribution is 2.26. The standard InChI is InChI=1S/C25H29N3O3S/c1-18(26-19(2)29)21-10-12-22(13-11-21)23-17-32-25(27-23)28-24(30)9-6-15-31-16-14-20-7-4-3-5-8-20/h3-5,7-8,10-13,17-18H,6,9,14-16H2,1-2H3,(H,26,29)(H,27,28,30)/t18-/m1/s1. The molecule has 0 saturated heterocycles. The molecule has 0 fully saturated rings. The van der Waals surface area contributed by atoms with Gasteiger partial charge in [-0.05, 0) is 30.9 Å². The van der Waals surface area contributed by atoms with Crippen LogP contribution in [0.15, 0.2) is 60.0 Å². The molecular weight excluding hydrogens is 422 g/mol. The van der Waals surface area contributed by atoms with Gasteiger partial charge in [0.05, 0.1) is 18.3 Å². The summed E-state index contributed by atoms with van der Waals surface area (Å²) in [6.07, 6.45) is 1.95. The number of aromatic nitrogens is 1. The van der Waals surface area contributed by atoms with Crippen molar-refractivity contribution in [1.82, 2.24) is 10.3 Å². The molecule has 0 aliphatic heterocycles. The second kappa shape index (κ2) is 12.1. The highest BCUT2D eigenvalue weighted by molar-refractivity contribution is 7.14. The van der Waals surface area contributed by atoms with Crippen molar-refractivity contribution in [2.24, 2.45) is 0 Å². The van der Waals surface area contributed by atoms with Crippen molar-refractivity contribution >= 4 is 28.3 Å². The third-order valence-electron chi connectivity index (χ3n) is 4.95. The number of rotatable bonds is 11. The van der Waals surface area contributed by atoms with Crippen LogP contribution in [0, 0.1) is 0 Å². The molecule has 0 radical (unpaired) electrons. The normalized spacial score (nSPS) is 11.7. The summed E-state index contributed by atoms with van der Waals surface area (Å²) in [6.45, 7) is 4.67. The molecule has 1 aromatic heterocycles. The maximum atomic E-state index is 12.2. The van der Waals surface area contributed by atoms with E-state index in [2.05, 4.69) is 27.8 Å². The topological polar surface area (TPSA) is 80.3 Å². The molecule has 1 atom stereocenters. The van der Waals surface area contributed by atoms with E-state index in [0.717, 1.165) is 23.2 Å². The predicted octanol–water partition coefficient (Wildman–Crippen LogP) is 4.99. The summed E-state index contributed by atoms with van der Waals surface area (Å²) in [4.78, 5) is 27.9. The van der Waals surface area contributed by atoms with Gasteiger partial charge in [0.15, 0.2) is 5.13 Å². The van der Waals surface area contributed by atoms with E-state index in [4.69, 9.17) is 4.74 Å². The van der Waals surface area contributed by atoms with E-state index in [1.54, 1.807) is 0 Å². The van der Waals surface area contributed by atoms with Gasteiger partial charge >= 0.3 is 0 Å². The van der Waals surface area contributed by atoms with Crippen molar-refractivity contribution in [3.8, 4) is 11.3 Å². The maximum absolute atomic E-state index is 12.2. The number of hydrogen-bond donors (Lipinski definition) is 2. The van der Waals surface area contributed by atoms with Crippen LogP contribution in [0.25, 0.3) is 11.3 Å². The molecular formula is C25H29N3O3S. The Labute approximate surface area is 193 Å². The van der Waals surface area contributed by atoms with Crippen LogP contribution in [0.1, 0.15) is 43.9 Å². The highest BCUT2D eigenvalue weighted by atomic mass is 32.1. The van der Waals surface area contributed by atoms with Crippen molar-refractivity contribution in [2.45, 2.75) is 39.2 Å². The average molecular weight is 452 g/mol. The fourth-order valence-electron chi connectivity index (χ4n) is 3.25. The third-order valence-corrected chi connectivity index (χ3v) is 5.70. The Bertz CT molecular complexity index is 1000. The Morgan fingerprint density at radius 1 is 1.06 bits per heavy atom. The van der Waals surface area contributed by atoms with E-state index in [0.29, 0.717) is 31.2 Å². The van der Waals surface area contributed by atoms with Crippen LogP contribution in [0.3, 0.4) is 0 Å². The minimum absolute atomic E-state index is 0.0471. The summed E-state index contributed by atoms with van der Waals surface area (Å²) in [5.41, 5.74) is 4.06. The van der Waals surface area contributed by atoms with Gasteiger partial charge in [-0.15, -0.1) is 11.3 Å². The first-order valence-electron chi connectivity index (χ1n) is 10.8. The molecule has 0 aliphatic carbocycles. The van der Waals surface area contributed by atoms with Crippen molar-refractivity contribution in [2.75, 3.05) is 18.5 Å². The molecule has 0 saturated carbocycles. The highest BCUT2D eigenvalue weighted by Gasteiger charge is 2.10. The zero-order valence-electron chi connectivity index (χ0n) is 18.5. The first-order chi connectivity index (χ1) is 15.5. The number of carbonyl (C=O) groups is 2. The van der Waals surface area contributed by atoms with Gasteiger partial charge in [0.25, 0.3) is 0 Å². The number of nitrogens with one attached hydrogen (secondary N) is 2. The van der Waals surface area contributed by atoms with Crippen molar-refractivity contribution in [1.29, 1.82) is 0 Å². The Balaban J connectivity index is 1.38. The molecule has 3 rings (SSSR count). The summed E-state index contributed by atoms with van der Waals surface area (Å²) < 4.78 is 5.63. The number of amides is 2. The average Bonchev–Trinajstić information content (AvgIpc) is 3.25. The first-order valence-corrected chi connectivity index (χ1v) is 11.6. The summed E-state index contributed by atoms with van der Waals surface area (Å²) in [7, 11) is 0. The minimum atomic E-state index is -0.0583. The summed E-state index contributed by atoms with van der Waals surface area (Å²) in [6, 6.07) is 18.1. The lowest BCUT2D eigenvalue weighted by Gasteiger charge is -2.13. The molecule has 7 heteroatoms. The minimum Gasteiger partial charge on any atom is -0.381 e. The van der Waals surface area contributed by atoms with Crippen molar-refractivity contribution in [3.63, 3.8) is 0 Å². The number of ether oxygens (including phenoxy) is 1. The zero-order chi connectivity index (χ0) is 22.8. The van der Waals surface area contributed by atoms with Crippen LogP contribution in [-0.2, 0) is 20.7 Å². The first kappa shape index (κ1) is 23.6. The Morgan fingerprint density at radius 3 is 2.53 bits per heavy atom. The number of anilines is 1. The maximum Gasteiger partial charge on any atom is 0.226 e. The van der Waals surface area contributed by atoms with Gasteiger partial charge in [-0.25, -0.2) is 4.98 Å². The van der Waals surface area contributed by atoms with E-state index in [1.165, 1.54) is 23.8 Å². The Kier molecular flexibility index (Phi) is 8.95. The number of nitrogens with zero attached hydrogens (tertiary/aromatic N) is 1. The molecule has 2 aromatic carbocycles. The van der Waals surface area contributed by atoms with E-state index >= 15 is 0 Å². The molecule has 0 unspecified atom stereocenters. The summed E-state index contributed by atoms with van der Waals surface area (Å²) in [5, 5.41) is 8.25. The second-order valence-electron chi connectivity index (χ2n) is 7.58. The van der Waals surface area contributed by atoms with E-state index in [9.17, 15) is 9.59 Å². The molecule has 0 bridgehead atoms. The van der Waals surface area contributed by atoms with Crippen LogP contribution in [0.4, 0.5) is 5.13 Å². The quantitative estimate of drug-likeness (QED) is 0.403. The summed E-state index contributed by atoms with van der Waals surface area (Å²) >= 11 is 1.41. The van der Waals surface area contributed by atoms with Crippen LogP contribution in [0.2, 0.25) is 0 Å². The van der Waals surface area contributed by atoms with E-state index < -0.39 is 0 Å². The summed E-state index contributed by atoms with van der Waals surface area (Å²) in [5.74, 6) is -0.114. The van der Waals surface area contributed by atoms with Crippen molar-refractivity contribution < 1.29 is 14.3 Å². The lowest BCUT2D eigenvalue weighted by molar-refractivity contribution is -0.119. The van der Waals surface area contributed by atoms with Crippen LogP contribution >= 0.6 is 11.3 Å². The van der Waals surface area contributed by atoms with Gasteiger partial charge < -0.3 is 15.4 Å². The van der Waals surface area contributed by atoms with Crippen LogP contribution < -0.4 is 10.6 Å². The fraction of sp³-hybridized carbons (Fsp3) is 0.320. The van der Waals surface area contributed by atoms with Gasteiger partial charge in [0.1, 0.15) is 0 Å². The molecule has 6 nitrogen and oxygen atoms in total.